The molecule has 4 N–H and O–H groups in total. The number of hydrogen-bond acceptors (Lipinski definition) is 7. The van der Waals surface area contributed by atoms with Gasteiger partial charge in [0.1, 0.15) is 10.7 Å². The monoisotopic (exact) mass is 316 g/mol. The average molecular weight is 316 g/mol. The normalized spacial score (nSPS) is 10.6. The van der Waals surface area contributed by atoms with Gasteiger partial charge in [-0.25, -0.2) is 4.98 Å². The van der Waals surface area contributed by atoms with Gasteiger partial charge in [0.15, 0.2) is 5.13 Å². The molecule has 0 aliphatic rings. The molecule has 0 atom stereocenters. The van der Waals surface area contributed by atoms with Crippen molar-refractivity contribution in [1.29, 1.82) is 0 Å². The largest absolute Gasteiger partial charge is 0.383 e. The summed E-state index contributed by atoms with van der Waals surface area (Å²) < 4.78 is 10.3. The molecule has 1 aromatic heterocycles. The third kappa shape index (κ3) is 6.74. The van der Waals surface area contributed by atoms with Crippen LogP contribution in [0.3, 0.4) is 0 Å². The maximum absolute atomic E-state index is 12.0. The second-order valence-electron chi connectivity index (χ2n) is 4.37. The topological polar surface area (TPSA) is 98.5 Å². The molecular weight excluding hydrogens is 292 g/mol. The number of nitrogens with zero attached hydrogens (tertiary/aromatic N) is 1. The van der Waals surface area contributed by atoms with Crippen LogP contribution in [0.5, 0.6) is 0 Å². The van der Waals surface area contributed by atoms with Crippen LogP contribution in [0.15, 0.2) is 0 Å². The molecule has 0 saturated heterocycles. The minimum atomic E-state index is -0.219. The van der Waals surface area contributed by atoms with Crippen LogP contribution in [0, 0.1) is 0 Å². The average Bonchev–Trinajstić information content (AvgIpc) is 2.84. The van der Waals surface area contributed by atoms with E-state index in [-0.39, 0.29) is 11.7 Å². The number of nitrogen functional groups attached to an aromatic ring is 1. The highest BCUT2D eigenvalue weighted by Crippen LogP contribution is 2.24. The van der Waals surface area contributed by atoms with Crippen molar-refractivity contribution in [3.63, 3.8) is 0 Å². The van der Waals surface area contributed by atoms with Crippen molar-refractivity contribution in [3.8, 4) is 0 Å². The summed E-state index contributed by atoms with van der Waals surface area (Å²) in [5, 5.41) is 6.44. The maximum Gasteiger partial charge on any atom is 0.265 e. The lowest BCUT2D eigenvalue weighted by molar-refractivity contribution is 0.0917. The van der Waals surface area contributed by atoms with E-state index in [1.165, 1.54) is 11.3 Å². The molecule has 1 heterocycles. The number of amides is 1. The van der Waals surface area contributed by atoms with Gasteiger partial charge in [-0.3, -0.25) is 4.79 Å². The number of nitrogens with one attached hydrogen (secondary N) is 2. The van der Waals surface area contributed by atoms with Crippen LogP contribution in [-0.2, 0) is 9.47 Å². The van der Waals surface area contributed by atoms with Crippen LogP contribution in [0.4, 0.5) is 10.9 Å². The fourth-order valence-corrected chi connectivity index (χ4v) is 2.32. The van der Waals surface area contributed by atoms with E-state index < -0.39 is 0 Å². The first-order valence-corrected chi connectivity index (χ1v) is 7.85. The van der Waals surface area contributed by atoms with Crippen molar-refractivity contribution in [2.45, 2.75) is 19.8 Å². The van der Waals surface area contributed by atoms with Crippen LogP contribution in [0.2, 0.25) is 0 Å². The van der Waals surface area contributed by atoms with Crippen LogP contribution < -0.4 is 16.4 Å². The fourth-order valence-electron chi connectivity index (χ4n) is 1.50. The molecule has 1 rings (SSSR count). The molecule has 7 nitrogen and oxygen atoms in total. The zero-order chi connectivity index (χ0) is 15.5. The number of anilines is 2. The van der Waals surface area contributed by atoms with Gasteiger partial charge in [0.2, 0.25) is 0 Å². The molecule has 0 aromatic carbocycles. The number of nitrogens with two attached hydrogens (primary N) is 1. The molecule has 0 aliphatic carbocycles. The fraction of sp³-hybridized carbons (Fsp3) is 0.692. The molecular formula is C13H24N4O3S. The van der Waals surface area contributed by atoms with Crippen LogP contribution >= 0.6 is 11.3 Å². The lowest BCUT2D eigenvalue weighted by Crippen LogP contribution is -2.27. The Balaban J connectivity index is 2.32. The summed E-state index contributed by atoms with van der Waals surface area (Å²) in [4.78, 5) is 16.5. The summed E-state index contributed by atoms with van der Waals surface area (Å²) in [6, 6.07) is 0. The van der Waals surface area contributed by atoms with Crippen molar-refractivity contribution in [1.82, 2.24) is 10.3 Å². The minimum absolute atomic E-state index is 0.219. The van der Waals surface area contributed by atoms with E-state index in [1.807, 2.05) is 0 Å². The van der Waals surface area contributed by atoms with E-state index in [9.17, 15) is 4.79 Å². The Kier molecular flexibility index (Phi) is 8.72. The SMILES string of the molecule is CCCCOCCNC(=O)c1sc(NCCOC)nc1N. The lowest BCUT2D eigenvalue weighted by Gasteiger charge is -2.05. The van der Waals surface area contributed by atoms with Gasteiger partial charge in [0, 0.05) is 26.8 Å². The van der Waals surface area contributed by atoms with Crippen LogP contribution in [0.1, 0.15) is 29.4 Å². The van der Waals surface area contributed by atoms with Crippen molar-refractivity contribution in [3.05, 3.63) is 4.88 Å². The number of carbonyl (C=O) groups is 1. The summed E-state index contributed by atoms with van der Waals surface area (Å²) in [5.41, 5.74) is 5.75. The molecule has 0 saturated carbocycles. The van der Waals surface area contributed by atoms with E-state index in [0.29, 0.717) is 36.3 Å². The Morgan fingerprint density at radius 2 is 2.14 bits per heavy atom. The number of thiazole rings is 1. The standard InChI is InChI=1S/C13H24N4O3S/c1-3-4-7-20-9-6-15-12(18)10-11(14)17-13(21-10)16-5-8-19-2/h3-9,14H2,1-2H3,(H,15,18)(H,16,17). The van der Waals surface area contributed by atoms with Crippen molar-refractivity contribution < 1.29 is 14.3 Å². The van der Waals surface area contributed by atoms with E-state index in [0.717, 1.165) is 19.4 Å². The summed E-state index contributed by atoms with van der Waals surface area (Å²) in [6.45, 7) is 4.99. The summed E-state index contributed by atoms with van der Waals surface area (Å²) in [5.74, 6) is 0.0215. The minimum Gasteiger partial charge on any atom is -0.383 e. The van der Waals surface area contributed by atoms with Gasteiger partial charge >= 0.3 is 0 Å². The number of methoxy groups -OCH3 is 1. The second kappa shape index (κ2) is 10.4. The van der Waals surface area contributed by atoms with Crippen molar-refractivity contribution in [2.75, 3.05) is 51.1 Å². The second-order valence-corrected chi connectivity index (χ2v) is 5.37. The number of unbranched alkanes of at least 4 members (excludes halogenated alkanes) is 1. The first-order chi connectivity index (χ1) is 10.2. The van der Waals surface area contributed by atoms with Crippen LogP contribution in [0.25, 0.3) is 0 Å². The zero-order valence-corrected chi connectivity index (χ0v) is 13.4. The molecule has 0 bridgehead atoms. The Morgan fingerprint density at radius 1 is 1.33 bits per heavy atom. The van der Waals surface area contributed by atoms with Gasteiger partial charge in [0.25, 0.3) is 5.91 Å². The Bertz CT molecular complexity index is 426. The van der Waals surface area contributed by atoms with Gasteiger partial charge in [-0.1, -0.05) is 24.7 Å². The van der Waals surface area contributed by atoms with Crippen LogP contribution in [-0.4, -0.2) is 50.9 Å². The molecule has 0 fully saturated rings. The molecule has 1 amide bonds. The molecule has 0 aliphatic heterocycles. The van der Waals surface area contributed by atoms with Crippen molar-refractivity contribution >= 4 is 28.2 Å². The van der Waals surface area contributed by atoms with Gasteiger partial charge in [0.05, 0.1) is 13.2 Å². The maximum atomic E-state index is 12.0. The van der Waals surface area contributed by atoms with Crippen molar-refractivity contribution in [2.24, 2.45) is 0 Å². The smallest absolute Gasteiger partial charge is 0.265 e. The predicted molar refractivity (Wildman–Crippen MR) is 85.0 cm³/mol. The lowest BCUT2D eigenvalue weighted by atomic mass is 10.4. The van der Waals surface area contributed by atoms with Gasteiger partial charge in [-0.15, -0.1) is 0 Å². The predicted octanol–water partition coefficient (Wildman–Crippen LogP) is 1.33. The summed E-state index contributed by atoms with van der Waals surface area (Å²) >= 11 is 1.23. The summed E-state index contributed by atoms with van der Waals surface area (Å²) in [7, 11) is 1.62. The Morgan fingerprint density at radius 3 is 2.86 bits per heavy atom. The summed E-state index contributed by atoms with van der Waals surface area (Å²) in [6.07, 6.45) is 2.13. The molecule has 8 heteroatoms. The van der Waals surface area contributed by atoms with Gasteiger partial charge in [-0.05, 0) is 6.42 Å². The molecule has 1 aromatic rings. The third-order valence-corrected chi connectivity index (χ3v) is 3.64. The molecule has 0 spiro atoms. The highest BCUT2D eigenvalue weighted by molar-refractivity contribution is 7.18. The number of ether oxygens (including phenoxy) is 2. The molecule has 0 unspecified atom stereocenters. The van der Waals surface area contributed by atoms with E-state index >= 15 is 0 Å². The van der Waals surface area contributed by atoms with Gasteiger partial charge < -0.3 is 25.8 Å². The first-order valence-electron chi connectivity index (χ1n) is 7.04. The van der Waals surface area contributed by atoms with E-state index in [2.05, 4.69) is 22.5 Å². The number of hydrogen-bond donors (Lipinski definition) is 3. The first kappa shape index (κ1) is 17.7. The molecule has 21 heavy (non-hydrogen) atoms. The quantitative estimate of drug-likeness (QED) is 0.533. The Hall–Kier alpha value is -1.38. The third-order valence-electron chi connectivity index (χ3n) is 2.62. The molecule has 120 valence electrons. The number of rotatable bonds is 11. The molecule has 0 radical (unpaired) electrons. The highest BCUT2D eigenvalue weighted by atomic mass is 32.1. The highest BCUT2D eigenvalue weighted by Gasteiger charge is 2.15. The van der Waals surface area contributed by atoms with E-state index in [4.69, 9.17) is 15.2 Å². The van der Waals surface area contributed by atoms with E-state index in [1.54, 1.807) is 7.11 Å². The zero-order valence-electron chi connectivity index (χ0n) is 12.6. The van der Waals surface area contributed by atoms with Gasteiger partial charge in [-0.2, -0.15) is 0 Å². The number of carbonyl (C=O) groups excluding carboxylic acids is 1. The number of aromatic nitrogens is 1. The Labute approximate surface area is 129 Å².